The van der Waals surface area contributed by atoms with E-state index < -0.39 is 11.7 Å². The summed E-state index contributed by atoms with van der Waals surface area (Å²) in [7, 11) is 0. The van der Waals surface area contributed by atoms with Crippen LogP contribution in [0, 0.1) is 5.92 Å². The molecule has 9 heteroatoms. The summed E-state index contributed by atoms with van der Waals surface area (Å²) in [6.45, 7) is 3.61. The Morgan fingerprint density at radius 3 is 2.33 bits per heavy atom. The molecule has 0 bridgehead atoms. The van der Waals surface area contributed by atoms with E-state index in [-0.39, 0.29) is 6.29 Å². The Labute approximate surface area is 154 Å². The van der Waals surface area contributed by atoms with Gasteiger partial charge in [0.05, 0.1) is 25.3 Å². The van der Waals surface area contributed by atoms with Crippen molar-refractivity contribution in [1.29, 1.82) is 0 Å². The molecule has 146 valence electrons. The summed E-state index contributed by atoms with van der Waals surface area (Å²) in [5, 5.41) is 3.89. The number of benzene rings is 1. The maximum atomic E-state index is 12.6. The molecule has 0 N–H and O–H groups in total. The lowest BCUT2D eigenvalue weighted by molar-refractivity contribution is -0.137. The van der Waals surface area contributed by atoms with Gasteiger partial charge in [-0.15, -0.1) is 0 Å². The number of aromatic nitrogens is 2. The molecule has 0 saturated carbocycles. The molecule has 1 aromatic carbocycles. The fourth-order valence-corrected chi connectivity index (χ4v) is 3.47. The van der Waals surface area contributed by atoms with Gasteiger partial charge in [-0.25, -0.2) is 0 Å². The van der Waals surface area contributed by atoms with Gasteiger partial charge in [0.1, 0.15) is 0 Å². The first kappa shape index (κ1) is 18.4. The number of rotatable bonds is 4. The molecule has 0 aliphatic carbocycles. The van der Waals surface area contributed by atoms with Crippen LogP contribution in [0.5, 0.6) is 0 Å². The number of halogens is 3. The molecule has 2 aliphatic heterocycles. The van der Waals surface area contributed by atoms with E-state index in [4.69, 9.17) is 14.0 Å². The molecule has 1 aromatic heterocycles. The third-order valence-corrected chi connectivity index (χ3v) is 4.96. The number of nitrogens with zero attached hydrogens (tertiary/aromatic N) is 3. The SMILES string of the molecule is FC(F)(F)c1ccc(-c2noc(CN3CCC(C4OCCO4)CC3)n2)cc1. The molecule has 2 saturated heterocycles. The molecule has 2 aromatic rings. The first-order chi connectivity index (χ1) is 13.0. The van der Waals surface area contributed by atoms with Crippen LogP contribution < -0.4 is 0 Å². The summed E-state index contributed by atoms with van der Waals surface area (Å²) >= 11 is 0. The summed E-state index contributed by atoms with van der Waals surface area (Å²) in [4.78, 5) is 6.53. The second-order valence-corrected chi connectivity index (χ2v) is 6.81. The predicted octanol–water partition coefficient (Wildman–Crippen LogP) is 3.34. The van der Waals surface area contributed by atoms with Crippen molar-refractivity contribution < 1.29 is 27.2 Å². The molecule has 0 amide bonds. The van der Waals surface area contributed by atoms with Crippen LogP contribution in [0.1, 0.15) is 24.3 Å². The van der Waals surface area contributed by atoms with E-state index in [9.17, 15) is 13.2 Å². The summed E-state index contributed by atoms with van der Waals surface area (Å²) in [6.07, 6.45) is -2.49. The highest BCUT2D eigenvalue weighted by Crippen LogP contribution is 2.30. The van der Waals surface area contributed by atoms with E-state index in [2.05, 4.69) is 15.0 Å². The third-order valence-electron chi connectivity index (χ3n) is 4.96. The minimum absolute atomic E-state index is 0.0816. The predicted molar refractivity (Wildman–Crippen MR) is 88.4 cm³/mol. The normalized spacial score (nSPS) is 20.4. The van der Waals surface area contributed by atoms with Crippen molar-refractivity contribution in [2.24, 2.45) is 5.92 Å². The Kier molecular flexibility index (Phi) is 5.16. The summed E-state index contributed by atoms with van der Waals surface area (Å²) in [6, 6.07) is 4.74. The minimum Gasteiger partial charge on any atom is -0.350 e. The van der Waals surface area contributed by atoms with Gasteiger partial charge >= 0.3 is 6.18 Å². The smallest absolute Gasteiger partial charge is 0.350 e. The largest absolute Gasteiger partial charge is 0.416 e. The van der Waals surface area contributed by atoms with Gasteiger partial charge in [-0.3, -0.25) is 4.90 Å². The van der Waals surface area contributed by atoms with Crippen LogP contribution in [-0.2, 0) is 22.2 Å². The number of piperidine rings is 1. The van der Waals surface area contributed by atoms with Crippen LogP contribution in [-0.4, -0.2) is 47.6 Å². The van der Waals surface area contributed by atoms with Crippen molar-refractivity contribution in [3.63, 3.8) is 0 Å². The Bertz CT molecular complexity index is 749. The van der Waals surface area contributed by atoms with Crippen molar-refractivity contribution in [1.82, 2.24) is 15.0 Å². The molecule has 0 unspecified atom stereocenters. The van der Waals surface area contributed by atoms with E-state index in [1.54, 1.807) is 0 Å². The first-order valence-corrected chi connectivity index (χ1v) is 8.95. The molecule has 2 aliphatic rings. The van der Waals surface area contributed by atoms with E-state index in [0.29, 0.717) is 43.0 Å². The van der Waals surface area contributed by atoms with Crippen LogP contribution in [0.4, 0.5) is 13.2 Å². The van der Waals surface area contributed by atoms with Gasteiger partial charge in [0, 0.05) is 11.5 Å². The van der Waals surface area contributed by atoms with Crippen LogP contribution in [0.15, 0.2) is 28.8 Å². The molecule has 3 heterocycles. The van der Waals surface area contributed by atoms with Crippen LogP contribution in [0.25, 0.3) is 11.4 Å². The van der Waals surface area contributed by atoms with E-state index >= 15 is 0 Å². The van der Waals surface area contributed by atoms with Crippen molar-refractivity contribution >= 4 is 0 Å². The first-order valence-electron chi connectivity index (χ1n) is 8.95. The maximum Gasteiger partial charge on any atom is 0.416 e. The van der Waals surface area contributed by atoms with Crippen LogP contribution >= 0.6 is 0 Å². The quantitative estimate of drug-likeness (QED) is 0.807. The Morgan fingerprint density at radius 1 is 1.04 bits per heavy atom. The monoisotopic (exact) mass is 383 g/mol. The van der Waals surface area contributed by atoms with Gasteiger partial charge in [-0.05, 0) is 38.1 Å². The van der Waals surface area contributed by atoms with Gasteiger partial charge in [0.25, 0.3) is 0 Å². The maximum absolute atomic E-state index is 12.6. The second-order valence-electron chi connectivity index (χ2n) is 6.81. The molecular formula is C18H20F3N3O3. The van der Waals surface area contributed by atoms with Crippen molar-refractivity contribution in [2.45, 2.75) is 31.9 Å². The zero-order chi connectivity index (χ0) is 18.9. The van der Waals surface area contributed by atoms with E-state index in [0.717, 1.165) is 38.1 Å². The van der Waals surface area contributed by atoms with Gasteiger partial charge in [0.15, 0.2) is 6.29 Å². The zero-order valence-corrected chi connectivity index (χ0v) is 14.6. The molecule has 0 spiro atoms. The molecule has 6 nitrogen and oxygen atoms in total. The van der Waals surface area contributed by atoms with Gasteiger partial charge < -0.3 is 14.0 Å². The zero-order valence-electron chi connectivity index (χ0n) is 14.6. The summed E-state index contributed by atoms with van der Waals surface area (Å²) in [5.74, 6) is 1.16. The average Bonchev–Trinajstić information content (AvgIpc) is 3.34. The van der Waals surface area contributed by atoms with Crippen molar-refractivity contribution in [2.75, 3.05) is 26.3 Å². The molecular weight excluding hydrogens is 363 g/mol. The van der Waals surface area contributed by atoms with E-state index in [1.807, 2.05) is 0 Å². The minimum atomic E-state index is -4.36. The highest BCUT2D eigenvalue weighted by molar-refractivity contribution is 5.54. The fourth-order valence-electron chi connectivity index (χ4n) is 3.47. The molecule has 2 fully saturated rings. The topological polar surface area (TPSA) is 60.6 Å². The van der Waals surface area contributed by atoms with Gasteiger partial charge in [-0.2, -0.15) is 18.2 Å². The molecule has 0 radical (unpaired) electrons. The summed E-state index contributed by atoms with van der Waals surface area (Å²) < 4.78 is 54.3. The molecule has 0 atom stereocenters. The Balaban J connectivity index is 1.33. The van der Waals surface area contributed by atoms with Gasteiger partial charge in [-0.1, -0.05) is 17.3 Å². The summed E-state index contributed by atoms with van der Waals surface area (Å²) in [5.41, 5.74) is -0.208. The lowest BCUT2D eigenvalue weighted by atomic mass is 9.96. The number of likely N-dealkylation sites (tertiary alicyclic amines) is 1. The highest BCUT2D eigenvalue weighted by Gasteiger charge is 2.31. The lowest BCUT2D eigenvalue weighted by Gasteiger charge is -2.32. The third kappa shape index (κ3) is 4.31. The van der Waals surface area contributed by atoms with Crippen molar-refractivity contribution in [3.8, 4) is 11.4 Å². The van der Waals surface area contributed by atoms with Gasteiger partial charge in [0.2, 0.25) is 11.7 Å². The standard InChI is InChI=1S/C18H20F3N3O3/c19-18(20,21)14-3-1-12(2-4-14)16-22-15(27-23-16)11-24-7-5-13(6-8-24)17-25-9-10-26-17/h1-4,13,17H,5-11H2. The van der Waals surface area contributed by atoms with Crippen LogP contribution in [0.3, 0.4) is 0 Å². The second kappa shape index (κ2) is 7.57. The van der Waals surface area contributed by atoms with E-state index in [1.165, 1.54) is 12.1 Å². The number of alkyl halides is 3. The Morgan fingerprint density at radius 2 is 1.70 bits per heavy atom. The number of ether oxygens (including phenoxy) is 2. The fraction of sp³-hybridized carbons (Fsp3) is 0.556. The average molecular weight is 383 g/mol. The Hall–Kier alpha value is -1.97. The van der Waals surface area contributed by atoms with Crippen molar-refractivity contribution in [3.05, 3.63) is 35.7 Å². The highest BCUT2D eigenvalue weighted by atomic mass is 19.4. The number of hydrogen-bond acceptors (Lipinski definition) is 6. The van der Waals surface area contributed by atoms with Crippen LogP contribution in [0.2, 0.25) is 0 Å². The molecule has 4 rings (SSSR count). The number of hydrogen-bond donors (Lipinski definition) is 0. The lowest BCUT2D eigenvalue weighted by Crippen LogP contribution is -2.37. The molecule has 27 heavy (non-hydrogen) atoms.